The molecule has 1 aliphatic heterocycles. The van der Waals surface area contributed by atoms with Crippen LogP contribution in [0.5, 0.6) is 0 Å². The van der Waals surface area contributed by atoms with Crippen LogP contribution in [-0.2, 0) is 11.3 Å². The lowest BCUT2D eigenvalue weighted by atomic mass is 9.54. The van der Waals surface area contributed by atoms with Crippen LogP contribution in [0.3, 0.4) is 0 Å². The second-order valence-electron chi connectivity index (χ2n) is 7.23. The van der Waals surface area contributed by atoms with E-state index in [0.717, 1.165) is 25.7 Å². The van der Waals surface area contributed by atoms with Crippen molar-refractivity contribution in [2.45, 2.75) is 50.8 Å². The SMILES string of the molecule is CN=C(NCCn1cccc1)NC1C2CCOC2C12CCCC2.I. The van der Waals surface area contributed by atoms with Crippen LogP contribution < -0.4 is 10.6 Å². The summed E-state index contributed by atoms with van der Waals surface area (Å²) in [5.74, 6) is 1.62. The molecule has 0 radical (unpaired) electrons. The number of fused-ring (bicyclic) bond motifs is 2. The first-order valence-corrected chi connectivity index (χ1v) is 9.03. The van der Waals surface area contributed by atoms with Gasteiger partial charge < -0.3 is 19.9 Å². The standard InChI is InChI=1S/C18H28N4O.HI/c1-19-17(20-9-12-22-10-4-5-11-22)21-15-14-6-13-23-16(14)18(15)7-2-3-8-18;/h4-5,10-11,14-16H,2-3,6-9,12-13H2,1H3,(H2,19,20,21);1H. The Bertz CT molecular complexity index is 553. The Balaban J connectivity index is 0.00000169. The molecule has 134 valence electrons. The molecule has 0 aromatic carbocycles. The monoisotopic (exact) mass is 444 g/mol. The molecule has 24 heavy (non-hydrogen) atoms. The van der Waals surface area contributed by atoms with Gasteiger partial charge in [-0.25, -0.2) is 0 Å². The van der Waals surface area contributed by atoms with E-state index in [1.54, 1.807) is 0 Å². The highest BCUT2D eigenvalue weighted by Gasteiger charge is 2.65. The molecule has 3 fully saturated rings. The second-order valence-corrected chi connectivity index (χ2v) is 7.23. The molecule has 1 saturated heterocycles. The van der Waals surface area contributed by atoms with Crippen LogP contribution >= 0.6 is 24.0 Å². The summed E-state index contributed by atoms with van der Waals surface area (Å²) >= 11 is 0. The molecule has 1 aromatic rings. The number of nitrogens with zero attached hydrogens (tertiary/aromatic N) is 2. The zero-order valence-corrected chi connectivity index (χ0v) is 16.7. The van der Waals surface area contributed by atoms with Crippen LogP contribution in [0.25, 0.3) is 0 Å². The van der Waals surface area contributed by atoms with Crippen LogP contribution in [-0.4, -0.2) is 42.9 Å². The first-order valence-electron chi connectivity index (χ1n) is 9.03. The van der Waals surface area contributed by atoms with Gasteiger partial charge in [0.1, 0.15) is 0 Å². The number of ether oxygens (including phenoxy) is 1. The third-order valence-corrected chi connectivity index (χ3v) is 6.13. The fourth-order valence-electron chi connectivity index (χ4n) is 5.07. The van der Waals surface area contributed by atoms with Crippen LogP contribution in [0.4, 0.5) is 0 Å². The summed E-state index contributed by atoms with van der Waals surface area (Å²) in [6, 6.07) is 4.66. The number of rotatable bonds is 4. The quantitative estimate of drug-likeness (QED) is 0.427. The van der Waals surface area contributed by atoms with Crippen LogP contribution in [0.1, 0.15) is 32.1 Å². The van der Waals surface area contributed by atoms with E-state index in [2.05, 4.69) is 44.7 Å². The molecule has 1 spiro atoms. The molecule has 3 atom stereocenters. The average Bonchev–Trinajstić information content (AvgIpc) is 3.31. The van der Waals surface area contributed by atoms with Crippen LogP contribution in [0, 0.1) is 11.3 Å². The highest BCUT2D eigenvalue weighted by atomic mass is 127. The van der Waals surface area contributed by atoms with Crippen molar-refractivity contribution in [3.05, 3.63) is 24.5 Å². The highest BCUT2D eigenvalue weighted by molar-refractivity contribution is 14.0. The number of halogens is 1. The van der Waals surface area contributed by atoms with E-state index in [4.69, 9.17) is 4.74 Å². The van der Waals surface area contributed by atoms with Crippen molar-refractivity contribution in [2.75, 3.05) is 20.2 Å². The number of aromatic nitrogens is 1. The Morgan fingerprint density at radius 2 is 2.04 bits per heavy atom. The maximum atomic E-state index is 6.06. The van der Waals surface area contributed by atoms with Crippen LogP contribution in [0.15, 0.2) is 29.5 Å². The summed E-state index contributed by atoms with van der Waals surface area (Å²) in [7, 11) is 1.87. The maximum Gasteiger partial charge on any atom is 0.191 e. The van der Waals surface area contributed by atoms with Crippen molar-refractivity contribution in [3.63, 3.8) is 0 Å². The predicted molar refractivity (Wildman–Crippen MR) is 107 cm³/mol. The molecule has 0 amide bonds. The number of aliphatic imine (C=N–C) groups is 1. The normalized spacial score (nSPS) is 30.5. The molecule has 0 bridgehead atoms. The van der Waals surface area contributed by atoms with E-state index in [9.17, 15) is 0 Å². The molecule has 5 nitrogen and oxygen atoms in total. The van der Waals surface area contributed by atoms with Crippen molar-refractivity contribution < 1.29 is 4.74 Å². The number of hydrogen-bond acceptors (Lipinski definition) is 2. The van der Waals surface area contributed by atoms with Gasteiger partial charge in [-0.05, 0) is 31.4 Å². The third-order valence-electron chi connectivity index (χ3n) is 6.13. The smallest absolute Gasteiger partial charge is 0.191 e. The molecular weight excluding hydrogens is 415 g/mol. The lowest BCUT2D eigenvalue weighted by molar-refractivity contribution is -0.125. The first-order chi connectivity index (χ1) is 11.3. The number of guanidine groups is 1. The minimum atomic E-state index is 0. The summed E-state index contributed by atoms with van der Waals surface area (Å²) in [4.78, 5) is 4.44. The summed E-state index contributed by atoms with van der Waals surface area (Å²) in [6.45, 7) is 2.78. The Hall–Kier alpha value is -0.760. The van der Waals surface area contributed by atoms with Gasteiger partial charge in [0.2, 0.25) is 0 Å². The molecule has 1 aromatic heterocycles. The first kappa shape index (κ1) is 18.0. The van der Waals surface area contributed by atoms with Gasteiger partial charge in [0, 0.05) is 56.5 Å². The van der Waals surface area contributed by atoms with Crippen LogP contribution in [0.2, 0.25) is 0 Å². The van der Waals surface area contributed by atoms with Crippen molar-refractivity contribution >= 4 is 29.9 Å². The van der Waals surface area contributed by atoms with Gasteiger partial charge in [-0.2, -0.15) is 0 Å². The summed E-state index contributed by atoms with van der Waals surface area (Å²) < 4.78 is 8.25. The van der Waals surface area contributed by atoms with Crippen molar-refractivity contribution in [1.82, 2.24) is 15.2 Å². The van der Waals surface area contributed by atoms with E-state index < -0.39 is 0 Å². The van der Waals surface area contributed by atoms with Gasteiger partial charge in [-0.1, -0.05) is 12.8 Å². The van der Waals surface area contributed by atoms with Gasteiger partial charge in [0.15, 0.2) is 5.96 Å². The van der Waals surface area contributed by atoms with E-state index in [1.165, 1.54) is 32.1 Å². The van der Waals surface area contributed by atoms with Gasteiger partial charge in [0.25, 0.3) is 0 Å². The Kier molecular flexibility index (Phi) is 5.74. The molecule has 2 N–H and O–H groups in total. The van der Waals surface area contributed by atoms with E-state index in [0.29, 0.717) is 23.5 Å². The van der Waals surface area contributed by atoms with E-state index in [1.807, 2.05) is 7.05 Å². The van der Waals surface area contributed by atoms with Crippen molar-refractivity contribution in [2.24, 2.45) is 16.3 Å². The zero-order valence-electron chi connectivity index (χ0n) is 14.4. The van der Waals surface area contributed by atoms with Crippen molar-refractivity contribution in [1.29, 1.82) is 0 Å². The van der Waals surface area contributed by atoms with Crippen molar-refractivity contribution in [3.8, 4) is 0 Å². The molecule has 6 heteroatoms. The average molecular weight is 444 g/mol. The Morgan fingerprint density at radius 1 is 1.29 bits per heavy atom. The zero-order chi connectivity index (χ0) is 15.7. The fraction of sp³-hybridized carbons (Fsp3) is 0.722. The van der Waals surface area contributed by atoms with E-state index >= 15 is 0 Å². The van der Waals surface area contributed by atoms with E-state index in [-0.39, 0.29) is 24.0 Å². The largest absolute Gasteiger partial charge is 0.377 e. The molecule has 3 unspecified atom stereocenters. The Morgan fingerprint density at radius 3 is 2.75 bits per heavy atom. The number of nitrogens with one attached hydrogen (secondary N) is 2. The maximum absolute atomic E-state index is 6.06. The number of hydrogen-bond donors (Lipinski definition) is 2. The molecule has 2 saturated carbocycles. The van der Waals surface area contributed by atoms with Gasteiger partial charge in [0.05, 0.1) is 6.10 Å². The molecular formula is C18H29IN4O. The minimum absolute atomic E-state index is 0. The second kappa shape index (κ2) is 7.64. The van der Waals surface area contributed by atoms with Gasteiger partial charge >= 0.3 is 0 Å². The van der Waals surface area contributed by atoms with Gasteiger partial charge in [-0.3, -0.25) is 4.99 Å². The summed E-state index contributed by atoms with van der Waals surface area (Å²) in [5, 5.41) is 7.21. The topological polar surface area (TPSA) is 50.6 Å². The summed E-state index contributed by atoms with van der Waals surface area (Å²) in [6.07, 6.45) is 11.2. The minimum Gasteiger partial charge on any atom is -0.377 e. The lowest BCUT2D eigenvalue weighted by Crippen LogP contribution is -2.69. The fourth-order valence-corrected chi connectivity index (χ4v) is 5.07. The predicted octanol–water partition coefficient (Wildman–Crippen LogP) is 2.62. The molecule has 2 aliphatic carbocycles. The molecule has 2 heterocycles. The Labute approximate surface area is 161 Å². The van der Waals surface area contributed by atoms with Gasteiger partial charge in [-0.15, -0.1) is 24.0 Å². The lowest BCUT2D eigenvalue weighted by Gasteiger charge is -2.57. The molecule has 4 rings (SSSR count). The summed E-state index contributed by atoms with van der Waals surface area (Å²) in [5.41, 5.74) is 0.374. The molecule has 3 aliphatic rings. The highest BCUT2D eigenvalue weighted by Crippen LogP contribution is 2.60. The third kappa shape index (κ3) is 3.07.